The van der Waals surface area contributed by atoms with Gasteiger partial charge < -0.3 is 20.8 Å². The van der Waals surface area contributed by atoms with E-state index in [9.17, 15) is 19.2 Å². The van der Waals surface area contributed by atoms with Crippen LogP contribution in [0.25, 0.3) is 0 Å². The summed E-state index contributed by atoms with van der Waals surface area (Å²) in [5.74, 6) is -2.06. The number of hydrogen-bond acceptors (Lipinski definition) is 5. The molecule has 0 radical (unpaired) electrons. The van der Waals surface area contributed by atoms with Crippen LogP contribution in [0.3, 0.4) is 0 Å². The van der Waals surface area contributed by atoms with Crippen LogP contribution in [0, 0.1) is 11.8 Å². The Morgan fingerprint density at radius 2 is 1.67 bits per heavy atom. The van der Waals surface area contributed by atoms with Crippen molar-refractivity contribution >= 4 is 23.9 Å². The van der Waals surface area contributed by atoms with Gasteiger partial charge in [0.15, 0.2) is 0 Å². The molecule has 27 heavy (non-hydrogen) atoms. The third-order valence-corrected chi connectivity index (χ3v) is 5.04. The fourth-order valence-corrected chi connectivity index (χ4v) is 3.75. The zero-order valence-corrected chi connectivity index (χ0v) is 15.2. The van der Waals surface area contributed by atoms with Gasteiger partial charge >= 0.3 is 18.0 Å². The lowest BCUT2D eigenvalue weighted by molar-refractivity contribution is -0.137. The minimum absolute atomic E-state index is 0.00426. The van der Waals surface area contributed by atoms with E-state index in [2.05, 4.69) is 10.6 Å². The van der Waals surface area contributed by atoms with E-state index >= 15 is 0 Å². The smallest absolute Gasteiger partial charge is 0.328 e. The molecule has 3 aliphatic rings. The number of urea groups is 1. The summed E-state index contributed by atoms with van der Waals surface area (Å²) in [5.41, 5.74) is 0. The van der Waals surface area contributed by atoms with Crippen LogP contribution >= 0.6 is 0 Å². The second-order valence-corrected chi connectivity index (χ2v) is 7.20. The van der Waals surface area contributed by atoms with Crippen LogP contribution in [-0.4, -0.2) is 64.7 Å². The Morgan fingerprint density at radius 1 is 1.04 bits per heavy atom. The first-order chi connectivity index (χ1) is 12.9. The van der Waals surface area contributed by atoms with Gasteiger partial charge in [0.05, 0.1) is 5.92 Å². The molecular formula is C18H27N3O6. The highest BCUT2D eigenvalue weighted by molar-refractivity contribution is 5.96. The Hall–Kier alpha value is -2.42. The lowest BCUT2D eigenvalue weighted by Crippen LogP contribution is -2.59. The molecule has 2 heterocycles. The molecule has 1 aliphatic carbocycles. The number of rotatable bonds is 3. The van der Waals surface area contributed by atoms with Gasteiger partial charge in [0.25, 0.3) is 0 Å². The molecule has 0 aromatic carbocycles. The summed E-state index contributed by atoms with van der Waals surface area (Å²) in [4.78, 5) is 45.1. The highest BCUT2D eigenvalue weighted by atomic mass is 16.4. The molecule has 9 heteroatoms. The van der Waals surface area contributed by atoms with Gasteiger partial charge in [0.1, 0.15) is 0 Å². The number of nitrogens with one attached hydrogen (secondary N) is 2. The first-order valence-corrected chi connectivity index (χ1v) is 9.33. The molecule has 9 nitrogen and oxygen atoms in total. The number of fused-ring (bicyclic) bond motifs is 2. The molecule has 2 atom stereocenters. The third kappa shape index (κ3) is 6.67. The van der Waals surface area contributed by atoms with Crippen molar-refractivity contribution in [1.82, 2.24) is 15.5 Å². The van der Waals surface area contributed by atoms with Crippen molar-refractivity contribution in [1.29, 1.82) is 0 Å². The number of carboxylic acid groups (broad SMARTS) is 2. The van der Waals surface area contributed by atoms with Crippen LogP contribution in [-0.2, 0) is 14.4 Å². The van der Waals surface area contributed by atoms with Crippen LogP contribution in [0.4, 0.5) is 4.79 Å². The normalized spacial score (nSPS) is 25.5. The van der Waals surface area contributed by atoms with E-state index < -0.39 is 11.9 Å². The summed E-state index contributed by atoms with van der Waals surface area (Å²) in [6.45, 7) is 2.24. The molecule has 2 aliphatic heterocycles. The molecular weight excluding hydrogens is 354 g/mol. The number of imide groups is 1. The number of hydrogen-bond donors (Lipinski definition) is 4. The predicted octanol–water partition coefficient (Wildman–Crippen LogP) is 0.808. The molecule has 3 fully saturated rings. The molecule has 2 saturated heterocycles. The Morgan fingerprint density at radius 3 is 2.26 bits per heavy atom. The van der Waals surface area contributed by atoms with Gasteiger partial charge in [-0.1, -0.05) is 19.3 Å². The van der Waals surface area contributed by atoms with Gasteiger partial charge in [-0.3, -0.25) is 9.69 Å². The molecule has 0 spiro atoms. The fourth-order valence-electron chi connectivity index (χ4n) is 3.75. The van der Waals surface area contributed by atoms with Crippen LogP contribution in [0.5, 0.6) is 0 Å². The highest BCUT2D eigenvalue weighted by Gasteiger charge is 2.39. The van der Waals surface area contributed by atoms with Crippen molar-refractivity contribution < 1.29 is 29.4 Å². The van der Waals surface area contributed by atoms with E-state index in [-0.39, 0.29) is 23.9 Å². The topological polar surface area (TPSA) is 136 Å². The maximum Gasteiger partial charge on any atom is 0.328 e. The second kappa shape index (κ2) is 10.1. The molecule has 2 unspecified atom stereocenters. The minimum Gasteiger partial charge on any atom is -0.478 e. The highest BCUT2D eigenvalue weighted by Crippen LogP contribution is 2.26. The summed E-state index contributed by atoms with van der Waals surface area (Å²) in [6.07, 6.45) is 7.82. The predicted molar refractivity (Wildman–Crippen MR) is 96.0 cm³/mol. The SMILES string of the molecule is O=C(NC1CCCCC1)N1CC2CNCC(C2)C1=O.O=C(O)/C=C/C(=O)O. The molecule has 3 amide bonds. The Bertz CT molecular complexity index is 584. The minimum atomic E-state index is -1.26. The number of amides is 3. The van der Waals surface area contributed by atoms with Crippen molar-refractivity contribution in [2.75, 3.05) is 19.6 Å². The third-order valence-electron chi connectivity index (χ3n) is 5.04. The fraction of sp³-hybridized carbons (Fsp3) is 0.667. The molecule has 3 rings (SSSR count). The molecule has 1 saturated carbocycles. The number of nitrogens with zero attached hydrogens (tertiary/aromatic N) is 1. The monoisotopic (exact) mass is 381 g/mol. The number of likely N-dealkylation sites (tertiary alicyclic amines) is 1. The largest absolute Gasteiger partial charge is 0.478 e. The van der Waals surface area contributed by atoms with Crippen molar-refractivity contribution in [3.05, 3.63) is 12.2 Å². The summed E-state index contributed by atoms with van der Waals surface area (Å²) >= 11 is 0. The molecule has 150 valence electrons. The molecule has 0 aromatic rings. The van der Waals surface area contributed by atoms with E-state index in [4.69, 9.17) is 10.2 Å². The number of aliphatic carboxylic acids is 2. The van der Waals surface area contributed by atoms with Gasteiger partial charge in [-0.15, -0.1) is 0 Å². The lowest BCUT2D eigenvalue weighted by Gasteiger charge is -2.40. The molecule has 0 aromatic heterocycles. The summed E-state index contributed by atoms with van der Waals surface area (Å²) in [7, 11) is 0. The zero-order valence-electron chi connectivity index (χ0n) is 15.2. The van der Waals surface area contributed by atoms with Gasteiger partial charge in [0, 0.05) is 31.3 Å². The van der Waals surface area contributed by atoms with Gasteiger partial charge in [0.2, 0.25) is 5.91 Å². The molecule has 4 N–H and O–H groups in total. The van der Waals surface area contributed by atoms with E-state index in [1.165, 1.54) is 24.2 Å². The lowest BCUT2D eigenvalue weighted by atomic mass is 9.85. The summed E-state index contributed by atoms with van der Waals surface area (Å²) < 4.78 is 0. The maximum atomic E-state index is 12.3. The number of carboxylic acids is 2. The zero-order chi connectivity index (χ0) is 19.8. The second-order valence-electron chi connectivity index (χ2n) is 7.20. The van der Waals surface area contributed by atoms with Crippen LogP contribution in [0.15, 0.2) is 12.2 Å². The van der Waals surface area contributed by atoms with E-state index in [0.29, 0.717) is 24.6 Å². The van der Waals surface area contributed by atoms with Gasteiger partial charge in [-0.2, -0.15) is 0 Å². The number of piperidine rings is 2. The number of carbonyl (C=O) groups excluding carboxylic acids is 2. The van der Waals surface area contributed by atoms with E-state index in [0.717, 1.165) is 32.4 Å². The Balaban J connectivity index is 0.000000279. The Labute approximate surface area is 157 Å². The van der Waals surface area contributed by atoms with Crippen LogP contribution in [0.1, 0.15) is 38.5 Å². The molecule has 2 bridgehead atoms. The maximum absolute atomic E-state index is 12.3. The van der Waals surface area contributed by atoms with Crippen molar-refractivity contribution in [2.24, 2.45) is 11.8 Å². The van der Waals surface area contributed by atoms with Gasteiger partial charge in [-0.05, 0) is 31.7 Å². The van der Waals surface area contributed by atoms with E-state index in [1.54, 1.807) is 0 Å². The number of carbonyl (C=O) groups is 4. The summed E-state index contributed by atoms with van der Waals surface area (Å²) in [5, 5.41) is 22.0. The average Bonchev–Trinajstić information content (AvgIpc) is 2.64. The van der Waals surface area contributed by atoms with Crippen LogP contribution < -0.4 is 10.6 Å². The van der Waals surface area contributed by atoms with Gasteiger partial charge in [-0.25, -0.2) is 14.4 Å². The standard InChI is InChI=1S/C14H23N3O2.C4H4O4/c18-13-11-6-10(7-15-8-11)9-17(13)14(19)16-12-4-2-1-3-5-12;5-3(6)1-2-4(7)8/h10-12,15H,1-9H2,(H,16,19);1-2H,(H,5,6)(H,7,8)/b;2-1+. The van der Waals surface area contributed by atoms with E-state index in [1.807, 2.05) is 0 Å². The van der Waals surface area contributed by atoms with Crippen molar-refractivity contribution in [3.63, 3.8) is 0 Å². The van der Waals surface area contributed by atoms with Crippen molar-refractivity contribution in [2.45, 2.75) is 44.6 Å². The quantitative estimate of drug-likeness (QED) is 0.531. The average molecular weight is 381 g/mol. The summed E-state index contributed by atoms with van der Waals surface area (Å²) in [6, 6.07) is 0.113. The van der Waals surface area contributed by atoms with Crippen molar-refractivity contribution in [3.8, 4) is 0 Å². The van der Waals surface area contributed by atoms with Crippen LogP contribution in [0.2, 0.25) is 0 Å². The first kappa shape index (κ1) is 20.9. The Kier molecular flexibility index (Phi) is 7.78. The first-order valence-electron chi connectivity index (χ1n) is 9.33.